The lowest BCUT2D eigenvalue weighted by Crippen LogP contribution is -2.38. The lowest BCUT2D eigenvalue weighted by molar-refractivity contribution is 0.0924. The monoisotopic (exact) mass is 369 g/mol. The molecule has 1 fully saturated rings. The fourth-order valence-corrected chi connectivity index (χ4v) is 3.78. The number of nitrogens with one attached hydrogen (secondary N) is 1. The zero-order valence-corrected chi connectivity index (χ0v) is 15.2. The lowest BCUT2D eigenvalue weighted by Gasteiger charge is -2.28. The minimum absolute atomic E-state index is 0.0776. The predicted octanol–water partition coefficient (Wildman–Crippen LogP) is 2.41. The van der Waals surface area contributed by atoms with Crippen LogP contribution in [0.4, 0.5) is 0 Å². The van der Waals surface area contributed by atoms with Gasteiger partial charge in [-0.25, -0.2) is 0 Å². The molecule has 0 spiro atoms. The third-order valence-corrected chi connectivity index (χ3v) is 5.50. The van der Waals surface area contributed by atoms with E-state index in [1.807, 2.05) is 30.3 Å². The fourth-order valence-electron chi connectivity index (χ4n) is 3.22. The van der Waals surface area contributed by atoms with Gasteiger partial charge in [-0.15, -0.1) is 15.3 Å². The van der Waals surface area contributed by atoms with Crippen molar-refractivity contribution in [3.63, 3.8) is 0 Å². The standard InChI is InChI=1S/C17H19N7OS/c1-11-15(26-23-19-11)17(25)18-13-7-9-14(10-8-13)24-21-16(20-22-24)12-5-3-2-4-6-12/h2-6,13-14H,7-10H2,1H3,(H,18,25). The Bertz CT molecular complexity index is 883. The van der Waals surface area contributed by atoms with Gasteiger partial charge in [-0.1, -0.05) is 34.8 Å². The average molecular weight is 369 g/mol. The molecule has 1 N–H and O–H groups in total. The van der Waals surface area contributed by atoms with Crippen LogP contribution in [0.3, 0.4) is 0 Å². The van der Waals surface area contributed by atoms with Gasteiger partial charge < -0.3 is 5.32 Å². The zero-order chi connectivity index (χ0) is 17.9. The van der Waals surface area contributed by atoms with Crippen molar-refractivity contribution in [3.05, 3.63) is 40.9 Å². The summed E-state index contributed by atoms with van der Waals surface area (Å²) < 4.78 is 3.82. The lowest BCUT2D eigenvalue weighted by atomic mass is 9.91. The molecule has 0 aliphatic heterocycles. The number of carbonyl (C=O) groups is 1. The van der Waals surface area contributed by atoms with Crippen molar-refractivity contribution in [2.75, 3.05) is 0 Å². The maximum atomic E-state index is 12.3. The molecule has 9 heteroatoms. The van der Waals surface area contributed by atoms with Gasteiger partial charge in [0.25, 0.3) is 5.91 Å². The van der Waals surface area contributed by atoms with Crippen LogP contribution in [0.5, 0.6) is 0 Å². The molecule has 3 aromatic rings. The molecule has 2 heterocycles. The van der Waals surface area contributed by atoms with Crippen molar-refractivity contribution >= 4 is 17.4 Å². The normalized spacial score (nSPS) is 20.0. The number of amides is 1. The van der Waals surface area contributed by atoms with Crippen LogP contribution in [0.1, 0.15) is 47.1 Å². The molecule has 0 atom stereocenters. The summed E-state index contributed by atoms with van der Waals surface area (Å²) in [4.78, 5) is 14.6. The van der Waals surface area contributed by atoms with Gasteiger partial charge in [0.15, 0.2) is 0 Å². The summed E-state index contributed by atoms with van der Waals surface area (Å²) in [5.74, 6) is 0.570. The highest BCUT2D eigenvalue weighted by Crippen LogP contribution is 2.28. The highest BCUT2D eigenvalue weighted by atomic mass is 32.1. The second-order valence-electron chi connectivity index (χ2n) is 6.47. The number of hydrogen-bond donors (Lipinski definition) is 1. The number of tetrazole rings is 1. The van der Waals surface area contributed by atoms with Crippen molar-refractivity contribution in [2.45, 2.75) is 44.7 Å². The van der Waals surface area contributed by atoms with Crippen LogP contribution >= 0.6 is 11.5 Å². The van der Waals surface area contributed by atoms with Gasteiger partial charge in [-0.05, 0) is 49.4 Å². The molecule has 0 bridgehead atoms. The van der Waals surface area contributed by atoms with Gasteiger partial charge in [0.2, 0.25) is 5.82 Å². The van der Waals surface area contributed by atoms with Crippen molar-refractivity contribution < 1.29 is 4.79 Å². The van der Waals surface area contributed by atoms with Gasteiger partial charge in [-0.3, -0.25) is 4.79 Å². The maximum absolute atomic E-state index is 12.3. The highest BCUT2D eigenvalue weighted by molar-refractivity contribution is 7.08. The molecule has 2 aromatic heterocycles. The maximum Gasteiger partial charge on any atom is 0.265 e. The van der Waals surface area contributed by atoms with Crippen LogP contribution in [0.25, 0.3) is 11.4 Å². The van der Waals surface area contributed by atoms with E-state index in [-0.39, 0.29) is 18.0 Å². The summed E-state index contributed by atoms with van der Waals surface area (Å²) in [5, 5.41) is 19.9. The number of aryl methyl sites for hydroxylation is 1. The quantitative estimate of drug-likeness (QED) is 0.758. The number of benzene rings is 1. The van der Waals surface area contributed by atoms with Crippen molar-refractivity contribution in [2.24, 2.45) is 0 Å². The Morgan fingerprint density at radius 3 is 2.62 bits per heavy atom. The molecule has 4 rings (SSSR count). The Balaban J connectivity index is 1.35. The van der Waals surface area contributed by atoms with Crippen molar-refractivity contribution in [1.82, 2.24) is 35.1 Å². The summed E-state index contributed by atoms with van der Waals surface area (Å²) in [5.41, 5.74) is 1.65. The Morgan fingerprint density at radius 1 is 1.15 bits per heavy atom. The van der Waals surface area contributed by atoms with E-state index >= 15 is 0 Å². The number of carbonyl (C=O) groups excluding carboxylic acids is 1. The Hall–Kier alpha value is -2.68. The van der Waals surface area contributed by atoms with E-state index in [0.717, 1.165) is 42.8 Å². The first-order chi connectivity index (χ1) is 12.7. The molecule has 1 saturated carbocycles. The van der Waals surface area contributed by atoms with Gasteiger partial charge >= 0.3 is 0 Å². The molecule has 26 heavy (non-hydrogen) atoms. The second kappa shape index (κ2) is 7.28. The molecule has 0 saturated heterocycles. The number of aromatic nitrogens is 6. The first kappa shape index (κ1) is 16.8. The minimum atomic E-state index is -0.0776. The molecule has 1 aliphatic rings. The van der Waals surface area contributed by atoms with Crippen LogP contribution in [-0.4, -0.2) is 41.7 Å². The molecule has 0 unspecified atom stereocenters. The molecule has 1 amide bonds. The summed E-state index contributed by atoms with van der Waals surface area (Å²) in [7, 11) is 0. The van der Waals surface area contributed by atoms with Gasteiger partial charge in [0.1, 0.15) is 4.88 Å². The van der Waals surface area contributed by atoms with E-state index in [0.29, 0.717) is 16.4 Å². The van der Waals surface area contributed by atoms with Crippen LogP contribution < -0.4 is 5.32 Å². The Morgan fingerprint density at radius 2 is 1.92 bits per heavy atom. The third kappa shape index (κ3) is 3.48. The Kier molecular flexibility index (Phi) is 4.70. The van der Waals surface area contributed by atoms with Gasteiger partial charge in [0, 0.05) is 11.6 Å². The molecule has 0 radical (unpaired) electrons. The van der Waals surface area contributed by atoms with Crippen molar-refractivity contribution in [1.29, 1.82) is 0 Å². The van der Waals surface area contributed by atoms with Crippen LogP contribution in [-0.2, 0) is 0 Å². The molecule has 8 nitrogen and oxygen atoms in total. The van der Waals surface area contributed by atoms with Crippen LogP contribution in [0.2, 0.25) is 0 Å². The molecule has 134 valence electrons. The topological polar surface area (TPSA) is 98.5 Å². The summed E-state index contributed by atoms with van der Waals surface area (Å²) in [6.07, 6.45) is 3.61. The van der Waals surface area contributed by atoms with E-state index in [1.54, 1.807) is 11.7 Å². The molecular weight excluding hydrogens is 350 g/mol. The smallest absolute Gasteiger partial charge is 0.265 e. The fraction of sp³-hybridized carbons (Fsp3) is 0.412. The zero-order valence-electron chi connectivity index (χ0n) is 14.4. The van der Waals surface area contributed by atoms with Gasteiger partial charge in [-0.2, -0.15) is 4.80 Å². The Labute approximate surface area is 154 Å². The minimum Gasteiger partial charge on any atom is -0.348 e. The first-order valence-corrected chi connectivity index (χ1v) is 9.43. The second-order valence-corrected chi connectivity index (χ2v) is 7.22. The van der Waals surface area contributed by atoms with E-state index in [1.165, 1.54) is 0 Å². The first-order valence-electron chi connectivity index (χ1n) is 8.65. The molecule has 1 aliphatic carbocycles. The third-order valence-electron chi connectivity index (χ3n) is 4.68. The van der Waals surface area contributed by atoms with Crippen LogP contribution in [0.15, 0.2) is 30.3 Å². The summed E-state index contributed by atoms with van der Waals surface area (Å²) in [6, 6.07) is 10.2. The number of rotatable bonds is 4. The molecular formula is C17H19N7OS. The summed E-state index contributed by atoms with van der Waals surface area (Å²) in [6.45, 7) is 1.80. The molecule has 1 aromatic carbocycles. The van der Waals surface area contributed by atoms with Crippen LogP contribution in [0, 0.1) is 6.92 Å². The number of nitrogens with zero attached hydrogens (tertiary/aromatic N) is 6. The van der Waals surface area contributed by atoms with Gasteiger partial charge in [0.05, 0.1) is 11.7 Å². The highest BCUT2D eigenvalue weighted by Gasteiger charge is 2.26. The largest absolute Gasteiger partial charge is 0.348 e. The van der Waals surface area contributed by atoms with E-state index in [4.69, 9.17) is 0 Å². The average Bonchev–Trinajstić information content (AvgIpc) is 3.32. The van der Waals surface area contributed by atoms with E-state index < -0.39 is 0 Å². The van der Waals surface area contributed by atoms with E-state index in [9.17, 15) is 4.79 Å². The predicted molar refractivity (Wildman–Crippen MR) is 96.7 cm³/mol. The van der Waals surface area contributed by atoms with E-state index in [2.05, 4.69) is 30.3 Å². The summed E-state index contributed by atoms with van der Waals surface area (Å²) >= 11 is 1.14. The SMILES string of the molecule is Cc1nnsc1C(=O)NC1CCC(n2nnc(-c3ccccc3)n2)CC1. The van der Waals surface area contributed by atoms with Crippen molar-refractivity contribution in [3.8, 4) is 11.4 Å². The number of hydrogen-bond acceptors (Lipinski definition) is 7.